The number of hydrogen-bond acceptors (Lipinski definition) is 8. The van der Waals surface area contributed by atoms with Crippen LogP contribution in [-0.4, -0.2) is 43.5 Å². The number of aromatic nitrogens is 1. The van der Waals surface area contributed by atoms with Crippen molar-refractivity contribution in [3.63, 3.8) is 0 Å². The molecule has 0 spiro atoms. The molecule has 1 heterocycles. The van der Waals surface area contributed by atoms with Crippen LogP contribution in [0.2, 0.25) is 0 Å². The minimum Gasteiger partial charge on any atom is -0.493 e. The molecule has 26 heavy (non-hydrogen) atoms. The molecule has 0 aliphatic carbocycles. The Morgan fingerprint density at radius 1 is 1.35 bits per heavy atom. The van der Waals surface area contributed by atoms with Crippen LogP contribution in [0.3, 0.4) is 0 Å². The van der Waals surface area contributed by atoms with Crippen molar-refractivity contribution in [1.29, 1.82) is 0 Å². The maximum absolute atomic E-state index is 12.0. The van der Waals surface area contributed by atoms with Gasteiger partial charge < -0.3 is 14.2 Å². The van der Waals surface area contributed by atoms with Gasteiger partial charge in [-0.2, -0.15) is 0 Å². The van der Waals surface area contributed by atoms with Crippen molar-refractivity contribution in [3.8, 4) is 11.5 Å². The largest absolute Gasteiger partial charge is 0.493 e. The van der Waals surface area contributed by atoms with Gasteiger partial charge >= 0.3 is 5.97 Å². The number of carbonyl (C=O) groups is 3. The number of anilines is 1. The van der Waals surface area contributed by atoms with Crippen LogP contribution in [0.25, 0.3) is 0 Å². The van der Waals surface area contributed by atoms with Crippen molar-refractivity contribution in [3.05, 3.63) is 34.8 Å². The predicted octanol–water partition coefficient (Wildman–Crippen LogP) is 2.09. The molecular formula is C17H18N2O6S. The van der Waals surface area contributed by atoms with Crippen LogP contribution in [0.4, 0.5) is 5.13 Å². The summed E-state index contributed by atoms with van der Waals surface area (Å²) in [6.07, 6.45) is 0.666. The summed E-state index contributed by atoms with van der Waals surface area (Å²) in [5.74, 6) is -0.281. The molecular weight excluding hydrogens is 360 g/mol. The molecule has 1 N–H and O–H groups in total. The van der Waals surface area contributed by atoms with E-state index in [1.165, 1.54) is 18.4 Å². The highest BCUT2D eigenvalue weighted by Crippen LogP contribution is 2.30. The summed E-state index contributed by atoms with van der Waals surface area (Å²) in [4.78, 5) is 38.7. The van der Waals surface area contributed by atoms with E-state index in [9.17, 15) is 14.4 Å². The van der Waals surface area contributed by atoms with Crippen molar-refractivity contribution in [2.24, 2.45) is 0 Å². The second kappa shape index (κ2) is 9.52. The molecule has 138 valence electrons. The maximum Gasteiger partial charge on any atom is 0.311 e. The van der Waals surface area contributed by atoms with Gasteiger partial charge in [-0.15, -0.1) is 11.3 Å². The lowest BCUT2D eigenvalue weighted by molar-refractivity contribution is -0.142. The topological polar surface area (TPSA) is 104 Å². The van der Waals surface area contributed by atoms with E-state index >= 15 is 0 Å². The first-order chi connectivity index (χ1) is 12.6. The van der Waals surface area contributed by atoms with Gasteiger partial charge in [0.25, 0.3) is 5.91 Å². The SMILES string of the molecule is CCOC(=O)Cc1csc(NC(=O)COc2c(C=O)cccc2OC)n1. The monoisotopic (exact) mass is 378 g/mol. The molecule has 0 bridgehead atoms. The Kier molecular flexibility index (Phi) is 7.10. The molecule has 9 heteroatoms. The highest BCUT2D eigenvalue weighted by atomic mass is 32.1. The number of para-hydroxylation sites is 1. The fourth-order valence-electron chi connectivity index (χ4n) is 2.04. The van der Waals surface area contributed by atoms with E-state index < -0.39 is 5.91 Å². The Hall–Kier alpha value is -2.94. The Balaban J connectivity index is 1.93. The summed E-state index contributed by atoms with van der Waals surface area (Å²) < 4.78 is 15.4. The predicted molar refractivity (Wildman–Crippen MR) is 95.0 cm³/mol. The van der Waals surface area contributed by atoms with Crippen LogP contribution in [-0.2, 0) is 20.7 Å². The van der Waals surface area contributed by atoms with E-state index in [0.717, 1.165) is 0 Å². The molecule has 1 aromatic heterocycles. The molecule has 0 aliphatic rings. The lowest BCUT2D eigenvalue weighted by atomic mass is 10.2. The number of methoxy groups -OCH3 is 1. The number of aldehydes is 1. The summed E-state index contributed by atoms with van der Waals surface area (Å²) in [6, 6.07) is 4.84. The third-order valence-corrected chi connectivity index (χ3v) is 3.94. The van der Waals surface area contributed by atoms with Crippen molar-refractivity contribution < 1.29 is 28.6 Å². The van der Waals surface area contributed by atoms with Gasteiger partial charge in [0.05, 0.1) is 31.4 Å². The van der Waals surface area contributed by atoms with Gasteiger partial charge in [-0.3, -0.25) is 19.7 Å². The van der Waals surface area contributed by atoms with Gasteiger partial charge in [0, 0.05) is 5.38 Å². The highest BCUT2D eigenvalue weighted by molar-refractivity contribution is 7.13. The number of ether oxygens (including phenoxy) is 3. The van der Waals surface area contributed by atoms with Crippen molar-refractivity contribution in [2.75, 3.05) is 25.6 Å². The first-order valence-corrected chi connectivity index (χ1v) is 8.60. The van der Waals surface area contributed by atoms with E-state index in [1.807, 2.05) is 0 Å². The highest BCUT2D eigenvalue weighted by Gasteiger charge is 2.14. The standard InChI is InChI=1S/C17H18N2O6S/c1-3-24-15(22)7-12-10-26-17(18-12)19-14(21)9-25-16-11(8-20)5-4-6-13(16)23-2/h4-6,8,10H,3,7,9H2,1-2H3,(H,18,19,21). The Labute approximate surface area is 154 Å². The normalized spacial score (nSPS) is 10.1. The summed E-state index contributed by atoms with van der Waals surface area (Å²) in [5.41, 5.74) is 0.792. The van der Waals surface area contributed by atoms with E-state index in [4.69, 9.17) is 14.2 Å². The van der Waals surface area contributed by atoms with Crippen molar-refractivity contribution in [1.82, 2.24) is 4.98 Å². The number of amides is 1. The minimum atomic E-state index is -0.454. The van der Waals surface area contributed by atoms with Crippen LogP contribution < -0.4 is 14.8 Å². The Morgan fingerprint density at radius 2 is 2.15 bits per heavy atom. The molecule has 0 saturated carbocycles. The van der Waals surface area contributed by atoms with Gasteiger partial charge in [0.1, 0.15) is 0 Å². The average Bonchev–Trinajstić information content (AvgIpc) is 3.06. The lowest BCUT2D eigenvalue weighted by Crippen LogP contribution is -2.20. The second-order valence-corrected chi connectivity index (χ2v) is 5.82. The summed E-state index contributed by atoms with van der Waals surface area (Å²) >= 11 is 1.19. The van der Waals surface area contributed by atoms with Crippen LogP contribution in [0.1, 0.15) is 23.0 Å². The third kappa shape index (κ3) is 5.28. The van der Waals surface area contributed by atoms with Crippen molar-refractivity contribution >= 4 is 34.6 Å². The van der Waals surface area contributed by atoms with Crippen LogP contribution in [0.5, 0.6) is 11.5 Å². The van der Waals surface area contributed by atoms with Gasteiger partial charge in [0.15, 0.2) is 29.5 Å². The number of nitrogens with zero attached hydrogens (tertiary/aromatic N) is 1. The number of benzene rings is 1. The maximum atomic E-state index is 12.0. The second-order valence-electron chi connectivity index (χ2n) is 4.96. The molecule has 2 rings (SSSR count). The summed E-state index contributed by atoms with van der Waals surface area (Å²) in [5, 5.41) is 4.58. The Bertz CT molecular complexity index is 789. The first-order valence-electron chi connectivity index (χ1n) is 7.72. The quantitative estimate of drug-likeness (QED) is 0.526. The zero-order valence-corrected chi connectivity index (χ0v) is 15.1. The van der Waals surface area contributed by atoms with E-state index in [2.05, 4.69) is 10.3 Å². The van der Waals surface area contributed by atoms with Crippen LogP contribution in [0, 0.1) is 0 Å². The van der Waals surface area contributed by atoms with Crippen LogP contribution >= 0.6 is 11.3 Å². The first kappa shape index (κ1) is 19.4. The van der Waals surface area contributed by atoms with Crippen LogP contribution in [0.15, 0.2) is 23.6 Å². The molecule has 0 unspecified atom stereocenters. The molecule has 0 radical (unpaired) electrons. The summed E-state index contributed by atoms with van der Waals surface area (Å²) in [6.45, 7) is 1.70. The molecule has 0 atom stereocenters. The molecule has 0 aliphatic heterocycles. The zero-order chi connectivity index (χ0) is 18.9. The molecule has 1 amide bonds. The smallest absolute Gasteiger partial charge is 0.311 e. The molecule has 0 fully saturated rings. The van der Waals surface area contributed by atoms with E-state index in [0.29, 0.717) is 29.5 Å². The van der Waals surface area contributed by atoms with Gasteiger partial charge in [-0.05, 0) is 19.1 Å². The zero-order valence-electron chi connectivity index (χ0n) is 14.3. The summed E-state index contributed by atoms with van der Waals surface area (Å²) in [7, 11) is 1.44. The van der Waals surface area contributed by atoms with E-state index in [1.54, 1.807) is 30.5 Å². The molecule has 0 saturated heterocycles. The number of rotatable bonds is 9. The van der Waals surface area contributed by atoms with Crippen molar-refractivity contribution in [2.45, 2.75) is 13.3 Å². The number of hydrogen-bond donors (Lipinski definition) is 1. The molecule has 2 aromatic rings. The number of nitrogens with one attached hydrogen (secondary N) is 1. The van der Waals surface area contributed by atoms with Gasteiger partial charge in [-0.25, -0.2) is 4.98 Å². The van der Waals surface area contributed by atoms with E-state index in [-0.39, 0.29) is 30.3 Å². The third-order valence-electron chi connectivity index (χ3n) is 3.13. The Morgan fingerprint density at radius 3 is 2.85 bits per heavy atom. The van der Waals surface area contributed by atoms with Gasteiger partial charge in [0.2, 0.25) is 0 Å². The lowest BCUT2D eigenvalue weighted by Gasteiger charge is -2.11. The average molecular weight is 378 g/mol. The minimum absolute atomic E-state index is 0.0423. The number of carbonyl (C=O) groups excluding carboxylic acids is 3. The number of thiazole rings is 1. The fourth-order valence-corrected chi connectivity index (χ4v) is 2.77. The molecule has 8 nitrogen and oxygen atoms in total. The fraction of sp³-hybridized carbons (Fsp3) is 0.294. The number of esters is 1. The molecule has 1 aromatic carbocycles. The van der Waals surface area contributed by atoms with Gasteiger partial charge in [-0.1, -0.05) is 6.07 Å².